The molecule has 158 valence electrons. The van der Waals surface area contributed by atoms with Gasteiger partial charge in [-0.2, -0.15) is 5.10 Å². The molecule has 3 aromatic carbocycles. The molecule has 0 spiro atoms. The van der Waals surface area contributed by atoms with Gasteiger partial charge in [0, 0.05) is 12.5 Å². The predicted octanol–water partition coefficient (Wildman–Crippen LogP) is 3.37. The first-order valence-electron chi connectivity index (χ1n) is 10.4. The van der Waals surface area contributed by atoms with Gasteiger partial charge in [0.05, 0.1) is 12.8 Å². The molecule has 1 fully saturated rings. The molecular weight excluding hydrogens is 388 g/mol. The van der Waals surface area contributed by atoms with Crippen molar-refractivity contribution in [2.24, 2.45) is 5.10 Å². The molecule has 2 unspecified atom stereocenters. The van der Waals surface area contributed by atoms with Gasteiger partial charge in [0.1, 0.15) is 11.8 Å². The van der Waals surface area contributed by atoms with Gasteiger partial charge in [-0.25, -0.2) is 16.3 Å². The molecule has 3 aromatic rings. The van der Waals surface area contributed by atoms with E-state index in [4.69, 9.17) is 4.74 Å². The average Bonchev–Trinajstić information content (AvgIpc) is 3.31. The summed E-state index contributed by atoms with van der Waals surface area (Å²) in [6, 6.07) is 27.6. The quantitative estimate of drug-likeness (QED) is 0.390. The van der Waals surface area contributed by atoms with E-state index >= 15 is 0 Å². The van der Waals surface area contributed by atoms with E-state index in [0.29, 0.717) is 13.0 Å². The average molecular weight is 415 g/mol. The van der Waals surface area contributed by atoms with E-state index in [0.717, 1.165) is 23.3 Å². The van der Waals surface area contributed by atoms with E-state index in [9.17, 15) is 4.79 Å². The zero-order valence-corrected chi connectivity index (χ0v) is 17.2. The number of hydrazine groups is 1. The molecule has 0 aromatic heterocycles. The van der Waals surface area contributed by atoms with Crippen molar-refractivity contribution in [2.75, 3.05) is 6.61 Å². The van der Waals surface area contributed by atoms with E-state index in [-0.39, 0.29) is 18.0 Å². The van der Waals surface area contributed by atoms with Crippen LogP contribution in [0.15, 0.2) is 90.0 Å². The maximum Gasteiger partial charge on any atom is 0.258 e. The molecule has 0 saturated carbocycles. The lowest BCUT2D eigenvalue weighted by Crippen LogP contribution is -2.41. The smallest absolute Gasteiger partial charge is 0.258 e. The maximum atomic E-state index is 12.4. The monoisotopic (exact) mass is 414 g/mol. The summed E-state index contributed by atoms with van der Waals surface area (Å²) in [6.45, 7) is 0.637. The Balaban J connectivity index is 1.23. The first kappa shape index (κ1) is 20.8. The van der Waals surface area contributed by atoms with E-state index in [1.807, 2.05) is 72.8 Å². The number of carbonyl (C=O) groups excluding carboxylic acids is 1. The van der Waals surface area contributed by atoms with E-state index < -0.39 is 0 Å². The lowest BCUT2D eigenvalue weighted by Gasteiger charge is -2.11. The van der Waals surface area contributed by atoms with Crippen LogP contribution in [-0.4, -0.2) is 24.8 Å². The van der Waals surface area contributed by atoms with Crippen LogP contribution in [0.3, 0.4) is 0 Å². The SMILES string of the molecule is O=C(N/N=C/c1ccccc1)C1CC(c2ccc(OCCc3ccccc3)cc2)NN1. The first-order valence-corrected chi connectivity index (χ1v) is 10.4. The van der Waals surface area contributed by atoms with Crippen LogP contribution in [0.25, 0.3) is 0 Å². The van der Waals surface area contributed by atoms with Gasteiger partial charge in [0.25, 0.3) is 5.91 Å². The van der Waals surface area contributed by atoms with Crippen LogP contribution >= 0.6 is 0 Å². The fourth-order valence-corrected chi connectivity index (χ4v) is 3.46. The van der Waals surface area contributed by atoms with E-state index in [1.54, 1.807) is 6.21 Å². The molecule has 1 aliphatic heterocycles. The highest BCUT2D eigenvalue weighted by atomic mass is 16.5. The topological polar surface area (TPSA) is 74.8 Å². The number of rotatable bonds is 8. The summed E-state index contributed by atoms with van der Waals surface area (Å²) < 4.78 is 5.85. The molecule has 6 nitrogen and oxygen atoms in total. The van der Waals surface area contributed by atoms with Crippen molar-refractivity contribution >= 4 is 12.1 Å². The Hall–Kier alpha value is -3.48. The van der Waals surface area contributed by atoms with Crippen LogP contribution in [0.4, 0.5) is 0 Å². The highest BCUT2D eigenvalue weighted by Gasteiger charge is 2.30. The molecule has 4 rings (SSSR count). The summed E-state index contributed by atoms with van der Waals surface area (Å²) in [6.07, 6.45) is 3.15. The molecule has 2 atom stereocenters. The number of hydrazone groups is 1. The van der Waals surface area contributed by atoms with Crippen LogP contribution in [0.2, 0.25) is 0 Å². The van der Waals surface area contributed by atoms with Crippen LogP contribution < -0.4 is 21.0 Å². The number of hydrogen-bond donors (Lipinski definition) is 3. The fourth-order valence-electron chi connectivity index (χ4n) is 3.46. The highest BCUT2D eigenvalue weighted by Crippen LogP contribution is 2.24. The van der Waals surface area contributed by atoms with Gasteiger partial charge in [0.2, 0.25) is 0 Å². The Morgan fingerprint density at radius 2 is 1.68 bits per heavy atom. The lowest BCUT2D eigenvalue weighted by atomic mass is 10.0. The zero-order valence-electron chi connectivity index (χ0n) is 17.2. The molecule has 0 bridgehead atoms. The van der Waals surface area contributed by atoms with Crippen LogP contribution in [0, 0.1) is 0 Å². The van der Waals surface area contributed by atoms with E-state index in [1.165, 1.54) is 5.56 Å². The van der Waals surface area contributed by atoms with Crippen molar-refractivity contribution in [3.05, 3.63) is 102 Å². The number of benzene rings is 3. The third-order valence-corrected chi connectivity index (χ3v) is 5.19. The van der Waals surface area contributed by atoms with Crippen molar-refractivity contribution in [1.29, 1.82) is 0 Å². The third kappa shape index (κ3) is 6.01. The standard InChI is InChI=1S/C25H26N4O2/c30-25(29-26-18-20-9-5-2-6-10-20)24-17-23(27-28-24)21-11-13-22(14-12-21)31-16-15-19-7-3-1-4-8-19/h1-14,18,23-24,27-28H,15-17H2,(H,29,30)/b26-18+. The Labute approximate surface area is 182 Å². The zero-order chi connectivity index (χ0) is 21.3. The van der Waals surface area contributed by atoms with Crippen molar-refractivity contribution in [1.82, 2.24) is 16.3 Å². The molecule has 6 heteroatoms. The van der Waals surface area contributed by atoms with Crippen molar-refractivity contribution in [3.63, 3.8) is 0 Å². The van der Waals surface area contributed by atoms with Crippen molar-refractivity contribution in [2.45, 2.75) is 24.9 Å². The minimum atomic E-state index is -0.347. The fraction of sp³-hybridized carbons (Fsp3) is 0.200. The largest absolute Gasteiger partial charge is 0.493 e. The van der Waals surface area contributed by atoms with Gasteiger partial charge in [-0.05, 0) is 35.2 Å². The lowest BCUT2D eigenvalue weighted by molar-refractivity contribution is -0.122. The molecule has 31 heavy (non-hydrogen) atoms. The van der Waals surface area contributed by atoms with Crippen LogP contribution in [0.1, 0.15) is 29.2 Å². The Bertz CT molecular complexity index is 991. The number of amides is 1. The van der Waals surface area contributed by atoms with Gasteiger partial charge >= 0.3 is 0 Å². The summed E-state index contributed by atoms with van der Waals surface area (Å²) in [5.74, 6) is 0.679. The van der Waals surface area contributed by atoms with Crippen LogP contribution in [0.5, 0.6) is 5.75 Å². The second-order valence-electron chi connectivity index (χ2n) is 7.43. The summed E-state index contributed by atoms with van der Waals surface area (Å²) >= 11 is 0. The van der Waals surface area contributed by atoms with Gasteiger partial charge in [-0.15, -0.1) is 0 Å². The number of nitrogens with one attached hydrogen (secondary N) is 3. The summed E-state index contributed by atoms with van der Waals surface area (Å²) in [4.78, 5) is 12.4. The second kappa shape index (κ2) is 10.5. The molecule has 0 aliphatic carbocycles. The van der Waals surface area contributed by atoms with Gasteiger partial charge in [-0.1, -0.05) is 72.8 Å². The Morgan fingerprint density at radius 3 is 2.42 bits per heavy atom. The van der Waals surface area contributed by atoms with Gasteiger partial charge in [-0.3, -0.25) is 4.79 Å². The molecule has 1 saturated heterocycles. The third-order valence-electron chi connectivity index (χ3n) is 5.19. The van der Waals surface area contributed by atoms with Crippen molar-refractivity contribution in [3.8, 4) is 5.75 Å². The molecule has 1 heterocycles. The highest BCUT2D eigenvalue weighted by molar-refractivity contribution is 5.85. The summed E-state index contributed by atoms with van der Waals surface area (Å²) in [7, 11) is 0. The Kier molecular flexibility index (Phi) is 7.05. The molecule has 1 aliphatic rings. The summed E-state index contributed by atoms with van der Waals surface area (Å²) in [5.41, 5.74) is 12.1. The maximum absolute atomic E-state index is 12.4. The minimum absolute atomic E-state index is 0.0484. The van der Waals surface area contributed by atoms with Crippen LogP contribution in [-0.2, 0) is 11.2 Å². The second-order valence-corrected chi connectivity index (χ2v) is 7.43. The first-order chi connectivity index (χ1) is 15.3. The number of nitrogens with zero attached hydrogens (tertiary/aromatic N) is 1. The molecule has 0 radical (unpaired) electrons. The number of hydrogen-bond acceptors (Lipinski definition) is 5. The Morgan fingerprint density at radius 1 is 0.968 bits per heavy atom. The van der Waals surface area contributed by atoms with Gasteiger partial charge < -0.3 is 4.74 Å². The minimum Gasteiger partial charge on any atom is -0.493 e. The number of carbonyl (C=O) groups is 1. The molecule has 1 amide bonds. The number of ether oxygens (including phenoxy) is 1. The predicted molar refractivity (Wildman–Crippen MR) is 122 cm³/mol. The van der Waals surface area contributed by atoms with Gasteiger partial charge in [0.15, 0.2) is 0 Å². The normalized spacial score (nSPS) is 18.2. The molecule has 3 N–H and O–H groups in total. The summed E-state index contributed by atoms with van der Waals surface area (Å²) in [5, 5.41) is 4.04. The van der Waals surface area contributed by atoms with Crippen molar-refractivity contribution < 1.29 is 9.53 Å². The molecular formula is C25H26N4O2. The van der Waals surface area contributed by atoms with E-state index in [2.05, 4.69) is 33.5 Å².